The van der Waals surface area contributed by atoms with Gasteiger partial charge < -0.3 is 10.5 Å². The van der Waals surface area contributed by atoms with E-state index in [2.05, 4.69) is 5.43 Å². The van der Waals surface area contributed by atoms with Crippen molar-refractivity contribution >= 4 is 5.69 Å². The van der Waals surface area contributed by atoms with E-state index >= 15 is 0 Å². The molecule has 0 aromatic heterocycles. The fourth-order valence-electron chi connectivity index (χ4n) is 1.29. The average Bonchev–Trinajstić information content (AvgIpc) is 2.01. The van der Waals surface area contributed by atoms with Crippen molar-refractivity contribution in [3.63, 3.8) is 0 Å². The minimum Gasteiger partial charge on any atom is -0.390 e. The van der Waals surface area contributed by atoms with E-state index < -0.39 is 11.4 Å². The lowest BCUT2D eigenvalue weighted by Gasteiger charge is -2.17. The van der Waals surface area contributed by atoms with Gasteiger partial charge in [-0.2, -0.15) is 0 Å². The van der Waals surface area contributed by atoms with Crippen LogP contribution in [0.25, 0.3) is 0 Å². The van der Waals surface area contributed by atoms with Crippen LogP contribution in [0.4, 0.5) is 10.1 Å². The number of benzene rings is 1. The molecule has 0 saturated carbocycles. The lowest BCUT2D eigenvalue weighted by molar-refractivity contribution is 0.0809. The third kappa shape index (κ3) is 2.97. The lowest BCUT2D eigenvalue weighted by Crippen LogP contribution is -2.22. The van der Waals surface area contributed by atoms with Gasteiger partial charge in [0.1, 0.15) is 5.82 Å². The second-order valence-electron chi connectivity index (χ2n) is 3.95. The van der Waals surface area contributed by atoms with Crippen molar-refractivity contribution in [3.8, 4) is 0 Å². The SMILES string of the molecule is CC(C)(O)Cc1ccc(NN)c(F)c1. The zero-order valence-electron chi connectivity index (χ0n) is 8.34. The van der Waals surface area contributed by atoms with E-state index in [-0.39, 0.29) is 5.69 Å². The van der Waals surface area contributed by atoms with Crippen LogP contribution in [0.1, 0.15) is 19.4 Å². The molecule has 0 heterocycles. The fraction of sp³-hybridized carbons (Fsp3) is 0.400. The molecule has 3 nitrogen and oxygen atoms in total. The van der Waals surface area contributed by atoms with Gasteiger partial charge in [0.25, 0.3) is 0 Å². The highest BCUT2D eigenvalue weighted by molar-refractivity contribution is 5.45. The van der Waals surface area contributed by atoms with Crippen LogP contribution < -0.4 is 11.3 Å². The number of hydrazine groups is 1. The smallest absolute Gasteiger partial charge is 0.147 e. The Bertz CT molecular complexity index is 320. The van der Waals surface area contributed by atoms with Crippen molar-refractivity contribution in [3.05, 3.63) is 29.6 Å². The predicted octanol–water partition coefficient (Wildman–Crippen LogP) is 1.42. The summed E-state index contributed by atoms with van der Waals surface area (Å²) in [6, 6.07) is 4.65. The highest BCUT2D eigenvalue weighted by Gasteiger charge is 2.14. The number of rotatable bonds is 3. The summed E-state index contributed by atoms with van der Waals surface area (Å²) in [5, 5.41) is 9.53. The Labute approximate surface area is 82.7 Å². The van der Waals surface area contributed by atoms with Gasteiger partial charge in [0, 0.05) is 6.42 Å². The number of aliphatic hydroxyl groups is 1. The number of halogens is 1. The first-order valence-corrected chi connectivity index (χ1v) is 4.40. The second-order valence-corrected chi connectivity index (χ2v) is 3.95. The molecule has 0 aliphatic rings. The molecule has 1 aromatic rings. The summed E-state index contributed by atoms with van der Waals surface area (Å²) in [6.45, 7) is 3.36. The number of nitrogen functional groups attached to an aromatic ring is 1. The number of nitrogens with two attached hydrogens (primary N) is 1. The van der Waals surface area contributed by atoms with Crippen molar-refractivity contribution in [1.82, 2.24) is 0 Å². The Balaban J connectivity index is 2.87. The highest BCUT2D eigenvalue weighted by atomic mass is 19.1. The summed E-state index contributed by atoms with van der Waals surface area (Å²) in [7, 11) is 0. The number of anilines is 1. The molecule has 1 aromatic carbocycles. The van der Waals surface area contributed by atoms with Gasteiger partial charge in [0.15, 0.2) is 0 Å². The van der Waals surface area contributed by atoms with Gasteiger partial charge in [-0.05, 0) is 31.5 Å². The number of nitrogens with one attached hydrogen (secondary N) is 1. The van der Waals surface area contributed by atoms with Crippen LogP contribution in [0, 0.1) is 5.82 Å². The van der Waals surface area contributed by atoms with Crippen LogP contribution in [0.5, 0.6) is 0 Å². The molecule has 0 unspecified atom stereocenters. The minimum absolute atomic E-state index is 0.254. The molecule has 0 bridgehead atoms. The summed E-state index contributed by atoms with van der Waals surface area (Å²) in [6.07, 6.45) is 0.411. The largest absolute Gasteiger partial charge is 0.390 e. The third-order valence-corrected chi connectivity index (χ3v) is 1.83. The van der Waals surface area contributed by atoms with Gasteiger partial charge in [0.2, 0.25) is 0 Å². The second kappa shape index (κ2) is 3.94. The molecular weight excluding hydrogens is 183 g/mol. The van der Waals surface area contributed by atoms with Crippen LogP contribution in [0.3, 0.4) is 0 Å². The van der Waals surface area contributed by atoms with Gasteiger partial charge >= 0.3 is 0 Å². The summed E-state index contributed by atoms with van der Waals surface area (Å²) >= 11 is 0. The van der Waals surface area contributed by atoms with Crippen LogP contribution in [0.15, 0.2) is 18.2 Å². The molecule has 0 saturated heterocycles. The molecule has 0 aliphatic heterocycles. The molecule has 0 atom stereocenters. The monoisotopic (exact) mass is 198 g/mol. The molecule has 4 heteroatoms. The van der Waals surface area contributed by atoms with E-state index in [0.717, 1.165) is 5.56 Å². The van der Waals surface area contributed by atoms with E-state index in [1.165, 1.54) is 6.07 Å². The normalized spacial score (nSPS) is 11.5. The quantitative estimate of drug-likeness (QED) is 0.508. The van der Waals surface area contributed by atoms with E-state index in [4.69, 9.17) is 5.84 Å². The van der Waals surface area contributed by atoms with E-state index in [0.29, 0.717) is 6.42 Å². The highest BCUT2D eigenvalue weighted by Crippen LogP contribution is 2.18. The number of hydrogen-bond acceptors (Lipinski definition) is 3. The zero-order valence-corrected chi connectivity index (χ0v) is 8.34. The average molecular weight is 198 g/mol. The molecule has 0 spiro atoms. The Morgan fingerprint density at radius 3 is 2.57 bits per heavy atom. The third-order valence-electron chi connectivity index (χ3n) is 1.83. The van der Waals surface area contributed by atoms with Crippen molar-refractivity contribution in [1.29, 1.82) is 0 Å². The van der Waals surface area contributed by atoms with Gasteiger partial charge in [-0.3, -0.25) is 5.84 Å². The molecule has 4 N–H and O–H groups in total. The van der Waals surface area contributed by atoms with Crippen molar-refractivity contribution in [2.75, 3.05) is 5.43 Å². The van der Waals surface area contributed by atoms with Gasteiger partial charge in [0.05, 0.1) is 11.3 Å². The van der Waals surface area contributed by atoms with Crippen LogP contribution >= 0.6 is 0 Å². The van der Waals surface area contributed by atoms with E-state index in [1.807, 2.05) is 0 Å². The first-order valence-electron chi connectivity index (χ1n) is 4.40. The molecule has 14 heavy (non-hydrogen) atoms. The van der Waals surface area contributed by atoms with E-state index in [9.17, 15) is 9.50 Å². The molecule has 0 amide bonds. The molecule has 1 rings (SSSR count). The maximum absolute atomic E-state index is 13.2. The Kier molecular flexibility index (Phi) is 3.08. The first-order chi connectivity index (χ1) is 6.42. The predicted molar refractivity (Wildman–Crippen MR) is 54.2 cm³/mol. The van der Waals surface area contributed by atoms with Crippen molar-refractivity contribution < 1.29 is 9.50 Å². The van der Waals surface area contributed by atoms with E-state index in [1.54, 1.807) is 26.0 Å². The van der Waals surface area contributed by atoms with Crippen molar-refractivity contribution in [2.45, 2.75) is 25.9 Å². The standard InChI is InChI=1S/C10H15FN2O/c1-10(2,14)6-7-3-4-9(13-12)8(11)5-7/h3-5,13-14H,6,12H2,1-2H3. The van der Waals surface area contributed by atoms with Gasteiger partial charge in [-0.25, -0.2) is 4.39 Å². The van der Waals surface area contributed by atoms with Crippen LogP contribution in [0.2, 0.25) is 0 Å². The molecule has 0 fully saturated rings. The molecular formula is C10H15FN2O. The summed E-state index contributed by atoms with van der Waals surface area (Å²) in [5.74, 6) is 4.68. The summed E-state index contributed by atoms with van der Waals surface area (Å²) in [4.78, 5) is 0. The van der Waals surface area contributed by atoms with Crippen LogP contribution in [-0.2, 0) is 6.42 Å². The molecule has 0 aliphatic carbocycles. The summed E-state index contributed by atoms with van der Waals surface area (Å²) < 4.78 is 13.2. The number of hydrogen-bond donors (Lipinski definition) is 3. The first kappa shape index (κ1) is 10.9. The maximum atomic E-state index is 13.2. The topological polar surface area (TPSA) is 58.3 Å². The fourth-order valence-corrected chi connectivity index (χ4v) is 1.29. The van der Waals surface area contributed by atoms with Crippen LogP contribution in [-0.4, -0.2) is 10.7 Å². The summed E-state index contributed by atoms with van der Waals surface area (Å²) in [5.41, 5.74) is 2.42. The molecule has 0 radical (unpaired) electrons. The lowest BCUT2D eigenvalue weighted by atomic mass is 9.98. The maximum Gasteiger partial charge on any atom is 0.147 e. The van der Waals surface area contributed by atoms with Gasteiger partial charge in [-0.15, -0.1) is 0 Å². The Morgan fingerprint density at radius 1 is 1.50 bits per heavy atom. The minimum atomic E-state index is -0.829. The Hall–Kier alpha value is -1.13. The van der Waals surface area contributed by atoms with Crippen molar-refractivity contribution in [2.24, 2.45) is 5.84 Å². The Morgan fingerprint density at radius 2 is 2.14 bits per heavy atom. The zero-order chi connectivity index (χ0) is 10.8. The molecule has 78 valence electrons. The van der Waals surface area contributed by atoms with Gasteiger partial charge in [-0.1, -0.05) is 6.07 Å².